The molecule has 0 aliphatic rings. The van der Waals surface area contributed by atoms with Crippen LogP contribution in [0.5, 0.6) is 0 Å². The zero-order chi connectivity index (χ0) is 69.3. The van der Waals surface area contributed by atoms with Crippen molar-refractivity contribution in [3.63, 3.8) is 0 Å². The number of aliphatic hydroxyl groups excluding tert-OH is 1. The minimum absolute atomic E-state index is 0.106. The van der Waals surface area contributed by atoms with E-state index in [2.05, 4.69) is 41.5 Å². The molecule has 6 atom stereocenters. The predicted molar refractivity (Wildman–Crippen MR) is 381 cm³/mol. The Morgan fingerprint density at radius 3 is 0.809 bits per heavy atom. The Hall–Kier alpha value is -1.94. The van der Waals surface area contributed by atoms with Crippen LogP contribution in [0.4, 0.5) is 0 Å². The van der Waals surface area contributed by atoms with Crippen molar-refractivity contribution in [2.24, 2.45) is 11.8 Å². The van der Waals surface area contributed by atoms with Crippen LogP contribution in [0.1, 0.15) is 388 Å². The van der Waals surface area contributed by atoms with Gasteiger partial charge in [0.1, 0.15) is 19.3 Å². The molecule has 3 unspecified atom stereocenters. The number of phosphoric ester groups is 2. The van der Waals surface area contributed by atoms with E-state index in [9.17, 15) is 43.2 Å². The number of rotatable bonds is 74. The number of phosphoric acid groups is 2. The van der Waals surface area contributed by atoms with E-state index in [0.717, 1.165) is 102 Å². The third-order valence-corrected chi connectivity index (χ3v) is 19.7. The molecule has 0 amide bonds. The number of unbranched alkanes of at least 4 members (excludes halogenated alkanes) is 43. The van der Waals surface area contributed by atoms with Crippen LogP contribution in [0, 0.1) is 11.8 Å². The molecule has 0 aromatic rings. The second-order valence-electron chi connectivity index (χ2n) is 27.8. The molecule has 0 heterocycles. The summed E-state index contributed by atoms with van der Waals surface area (Å²) in [7, 11) is -9.91. The Labute approximate surface area is 575 Å². The van der Waals surface area contributed by atoms with Gasteiger partial charge in [0.15, 0.2) is 12.2 Å². The van der Waals surface area contributed by atoms with Gasteiger partial charge in [0.25, 0.3) is 0 Å². The van der Waals surface area contributed by atoms with E-state index >= 15 is 0 Å². The van der Waals surface area contributed by atoms with Gasteiger partial charge in [-0.2, -0.15) is 0 Å². The predicted octanol–water partition coefficient (Wildman–Crippen LogP) is 21.9. The van der Waals surface area contributed by atoms with E-state index < -0.39 is 97.5 Å². The minimum Gasteiger partial charge on any atom is -0.462 e. The first-order valence-electron chi connectivity index (χ1n) is 39.0. The summed E-state index contributed by atoms with van der Waals surface area (Å²) in [6.45, 7) is 9.61. The Balaban J connectivity index is 5.27. The number of esters is 4. The van der Waals surface area contributed by atoms with Gasteiger partial charge in [-0.3, -0.25) is 37.3 Å². The number of carbonyl (C=O) groups is 4. The van der Waals surface area contributed by atoms with E-state index in [0.29, 0.717) is 25.7 Å². The van der Waals surface area contributed by atoms with Crippen molar-refractivity contribution < 1.29 is 80.2 Å². The van der Waals surface area contributed by atoms with Crippen LogP contribution in [0.15, 0.2) is 0 Å². The summed E-state index contributed by atoms with van der Waals surface area (Å²) < 4.78 is 68.5. The normalized spacial score (nSPS) is 14.3. The number of aliphatic hydroxyl groups is 1. The highest BCUT2D eigenvalue weighted by Gasteiger charge is 2.30. The van der Waals surface area contributed by atoms with Crippen molar-refractivity contribution in [3.05, 3.63) is 0 Å². The molecule has 0 rings (SSSR count). The molecule has 0 saturated carbocycles. The summed E-state index contributed by atoms with van der Waals surface area (Å²) in [5.41, 5.74) is 0. The van der Waals surface area contributed by atoms with Crippen LogP contribution in [-0.4, -0.2) is 96.7 Å². The molecule has 0 aromatic carbocycles. The first-order valence-corrected chi connectivity index (χ1v) is 42.0. The van der Waals surface area contributed by atoms with Crippen LogP contribution < -0.4 is 0 Å². The van der Waals surface area contributed by atoms with Crippen molar-refractivity contribution in [2.45, 2.75) is 407 Å². The Morgan fingerprint density at radius 1 is 0.309 bits per heavy atom. The van der Waals surface area contributed by atoms with Crippen molar-refractivity contribution >= 4 is 39.5 Å². The molecule has 0 aliphatic heterocycles. The second kappa shape index (κ2) is 66.9. The SMILES string of the molecule is CCCCCCCCCCCCCCCCCC(=O)O[C@H](COC(=O)CCCCCCCCCCCCC(C)CC)COP(=O)(O)OC[C@@H](O)COP(=O)(O)OC[C@@H](COC(=O)CCCCCCCCCCCCCC)OC(=O)CCCCCCCCCCCCC(C)C. The summed E-state index contributed by atoms with van der Waals surface area (Å²) in [6.07, 6.45) is 53.8. The number of carbonyl (C=O) groups excluding carboxylic acids is 4. The third kappa shape index (κ3) is 67.3. The van der Waals surface area contributed by atoms with Crippen LogP contribution in [0.3, 0.4) is 0 Å². The molecule has 0 bridgehead atoms. The van der Waals surface area contributed by atoms with Gasteiger partial charge < -0.3 is 33.8 Å². The van der Waals surface area contributed by atoms with Gasteiger partial charge in [-0.15, -0.1) is 0 Å². The average molecular weight is 1380 g/mol. The van der Waals surface area contributed by atoms with Gasteiger partial charge in [-0.25, -0.2) is 9.13 Å². The van der Waals surface area contributed by atoms with Crippen molar-refractivity contribution in [1.29, 1.82) is 0 Å². The van der Waals surface area contributed by atoms with E-state index in [1.807, 2.05) is 0 Å². The fraction of sp³-hybridized carbons (Fsp3) is 0.947. The van der Waals surface area contributed by atoms with Gasteiger partial charge in [0.05, 0.1) is 26.4 Å². The van der Waals surface area contributed by atoms with Crippen molar-refractivity contribution in [2.75, 3.05) is 39.6 Å². The highest BCUT2D eigenvalue weighted by atomic mass is 31.2. The van der Waals surface area contributed by atoms with E-state index in [4.69, 9.17) is 37.0 Å². The lowest BCUT2D eigenvalue weighted by molar-refractivity contribution is -0.161. The number of hydrogen-bond acceptors (Lipinski definition) is 15. The fourth-order valence-corrected chi connectivity index (χ4v) is 13.0. The van der Waals surface area contributed by atoms with Gasteiger partial charge in [0, 0.05) is 25.7 Å². The van der Waals surface area contributed by atoms with Gasteiger partial charge >= 0.3 is 39.5 Å². The quantitative estimate of drug-likeness (QED) is 0.0222. The summed E-state index contributed by atoms with van der Waals surface area (Å²) in [6, 6.07) is 0. The molecule has 3 N–H and O–H groups in total. The van der Waals surface area contributed by atoms with Crippen molar-refractivity contribution in [1.82, 2.24) is 0 Å². The topological polar surface area (TPSA) is 237 Å². The number of ether oxygens (including phenoxy) is 4. The monoisotopic (exact) mass is 1380 g/mol. The van der Waals surface area contributed by atoms with Crippen LogP contribution in [0.2, 0.25) is 0 Å². The highest BCUT2D eigenvalue weighted by Crippen LogP contribution is 2.45. The molecular weight excluding hydrogens is 1230 g/mol. The molecule has 94 heavy (non-hydrogen) atoms. The maximum Gasteiger partial charge on any atom is 0.472 e. The molecule has 558 valence electrons. The summed E-state index contributed by atoms with van der Waals surface area (Å²) in [5, 5.41) is 10.6. The van der Waals surface area contributed by atoms with Gasteiger partial charge in [-0.1, -0.05) is 337 Å². The van der Waals surface area contributed by atoms with Crippen LogP contribution in [0.25, 0.3) is 0 Å². The first kappa shape index (κ1) is 92.1. The smallest absolute Gasteiger partial charge is 0.462 e. The molecule has 0 radical (unpaired) electrons. The highest BCUT2D eigenvalue weighted by molar-refractivity contribution is 7.47. The molecule has 17 nitrogen and oxygen atoms in total. The summed E-state index contributed by atoms with van der Waals surface area (Å²) in [4.78, 5) is 72.8. The summed E-state index contributed by atoms with van der Waals surface area (Å²) >= 11 is 0. The van der Waals surface area contributed by atoms with Crippen LogP contribution in [-0.2, 0) is 65.4 Å². The van der Waals surface area contributed by atoms with E-state index in [-0.39, 0.29) is 25.7 Å². The average Bonchev–Trinajstić information content (AvgIpc) is 2.80. The minimum atomic E-state index is -4.96. The number of hydrogen-bond donors (Lipinski definition) is 3. The lowest BCUT2D eigenvalue weighted by atomic mass is 9.99. The third-order valence-electron chi connectivity index (χ3n) is 17.8. The maximum atomic E-state index is 13.1. The lowest BCUT2D eigenvalue weighted by Crippen LogP contribution is -2.30. The van der Waals surface area contributed by atoms with E-state index in [1.165, 1.54) is 205 Å². The lowest BCUT2D eigenvalue weighted by Gasteiger charge is -2.21. The first-order chi connectivity index (χ1) is 45.4. The molecule has 0 spiro atoms. The second-order valence-corrected chi connectivity index (χ2v) is 30.7. The van der Waals surface area contributed by atoms with Crippen LogP contribution >= 0.6 is 15.6 Å². The zero-order valence-electron chi connectivity index (χ0n) is 61.3. The maximum absolute atomic E-state index is 13.1. The molecule has 0 aliphatic carbocycles. The molecule has 0 fully saturated rings. The fourth-order valence-electron chi connectivity index (χ4n) is 11.4. The van der Waals surface area contributed by atoms with Gasteiger partial charge in [-0.05, 0) is 37.5 Å². The van der Waals surface area contributed by atoms with E-state index in [1.54, 1.807) is 0 Å². The Kier molecular flexibility index (Phi) is 65.5. The standard InChI is InChI=1S/C75H146O17P2/c1-7-10-12-14-16-18-20-22-23-24-26-35-41-47-53-59-74(79)91-70(64-86-73(78)58-52-46-40-34-30-28-32-38-44-50-56-68(6)9-3)65-89-93(81,82)87-61-69(76)62-88-94(83,84)90-66-71(63-85-72(77)57-51-45-39-33-25-21-19-17-15-13-11-8-2)92-75(80)60-54-48-42-36-29-27-31-37-43-49-55-67(4)5/h67-71,76H,7-66H2,1-6H3,(H,81,82)(H,83,84)/t68?,69-,70-,71-/m1/s1. The zero-order valence-corrected chi connectivity index (χ0v) is 63.1. The largest absolute Gasteiger partial charge is 0.472 e. The molecule has 19 heteroatoms. The summed E-state index contributed by atoms with van der Waals surface area (Å²) in [5.74, 6) is -0.553. The van der Waals surface area contributed by atoms with Crippen molar-refractivity contribution in [3.8, 4) is 0 Å². The molecule has 0 saturated heterocycles. The van der Waals surface area contributed by atoms with Gasteiger partial charge in [0.2, 0.25) is 0 Å². The Bertz CT molecular complexity index is 1820. The Morgan fingerprint density at radius 2 is 0.543 bits per heavy atom. The molecule has 0 aromatic heterocycles. The molecular formula is C75H146O17P2.